The van der Waals surface area contributed by atoms with Gasteiger partial charge in [0.15, 0.2) is 6.29 Å². The van der Waals surface area contributed by atoms with E-state index in [0.29, 0.717) is 37.3 Å². The Kier molecular flexibility index (Phi) is 6.45. The molecule has 1 atom stereocenters. The summed E-state index contributed by atoms with van der Waals surface area (Å²) in [5.74, 6) is -0.413. The number of rotatable bonds is 8. The first-order valence-corrected chi connectivity index (χ1v) is 6.13. The van der Waals surface area contributed by atoms with E-state index in [1.807, 2.05) is 6.92 Å². The zero-order chi connectivity index (χ0) is 14.3. The molecule has 0 saturated carbocycles. The summed E-state index contributed by atoms with van der Waals surface area (Å²) in [5, 5.41) is 0. The third kappa shape index (κ3) is 4.01. The molecule has 0 heterocycles. The molecule has 0 bridgehead atoms. The molecule has 0 saturated heterocycles. The predicted octanol–water partition coefficient (Wildman–Crippen LogP) is 2.13. The van der Waals surface area contributed by atoms with Gasteiger partial charge in [-0.25, -0.2) is 4.39 Å². The number of methoxy groups -OCH3 is 2. The van der Waals surface area contributed by atoms with Gasteiger partial charge in [-0.1, -0.05) is 6.07 Å². The van der Waals surface area contributed by atoms with Gasteiger partial charge in [-0.15, -0.1) is 0 Å². The van der Waals surface area contributed by atoms with E-state index in [-0.39, 0.29) is 6.04 Å². The van der Waals surface area contributed by atoms with Gasteiger partial charge in [0.2, 0.25) is 0 Å². The van der Waals surface area contributed by atoms with Crippen molar-refractivity contribution in [2.75, 3.05) is 38.9 Å². The highest BCUT2D eigenvalue weighted by molar-refractivity contribution is 5.85. The van der Waals surface area contributed by atoms with Gasteiger partial charge in [-0.2, -0.15) is 0 Å². The number of benzene rings is 1. The molecule has 1 unspecified atom stereocenters. The van der Waals surface area contributed by atoms with E-state index in [2.05, 4.69) is 0 Å². The Morgan fingerprint density at radius 3 is 2.68 bits per heavy atom. The number of anilines is 1. The maximum atomic E-state index is 14.0. The van der Waals surface area contributed by atoms with E-state index in [1.54, 1.807) is 25.2 Å². The van der Waals surface area contributed by atoms with Gasteiger partial charge in [0.1, 0.15) is 5.82 Å². The van der Waals surface area contributed by atoms with Crippen LogP contribution in [0.3, 0.4) is 0 Å². The molecule has 0 aliphatic rings. The molecule has 0 N–H and O–H groups in total. The van der Waals surface area contributed by atoms with Crippen molar-refractivity contribution in [1.29, 1.82) is 0 Å². The molecular weight excluding hydrogens is 249 g/mol. The Bertz CT molecular complexity index is 412. The van der Waals surface area contributed by atoms with Crippen LogP contribution in [0.5, 0.6) is 0 Å². The van der Waals surface area contributed by atoms with E-state index in [0.717, 1.165) is 0 Å². The van der Waals surface area contributed by atoms with E-state index in [1.165, 1.54) is 12.1 Å². The fourth-order valence-electron chi connectivity index (χ4n) is 2.00. The van der Waals surface area contributed by atoms with E-state index < -0.39 is 5.82 Å². The standard InChI is InChI=1S/C14H20FNO3/c1-11(10-19-3)16(7-8-18-2)14-12(9-17)5-4-6-13(14)15/h4-6,9,11H,7-8,10H2,1-3H3. The molecule has 0 spiro atoms. The molecule has 0 aliphatic carbocycles. The summed E-state index contributed by atoms with van der Waals surface area (Å²) in [6, 6.07) is 4.42. The second-order valence-corrected chi connectivity index (χ2v) is 4.29. The Balaban J connectivity index is 3.11. The van der Waals surface area contributed by atoms with Crippen LogP contribution < -0.4 is 4.90 Å². The van der Waals surface area contributed by atoms with Crippen LogP contribution in [0.2, 0.25) is 0 Å². The maximum Gasteiger partial charge on any atom is 0.152 e. The second-order valence-electron chi connectivity index (χ2n) is 4.29. The summed E-state index contributed by atoms with van der Waals surface area (Å²) in [7, 11) is 3.17. The summed E-state index contributed by atoms with van der Waals surface area (Å²) in [6.07, 6.45) is 0.664. The van der Waals surface area contributed by atoms with Gasteiger partial charge in [0.05, 0.1) is 18.9 Å². The molecule has 4 nitrogen and oxygen atoms in total. The van der Waals surface area contributed by atoms with Crippen molar-refractivity contribution in [3.05, 3.63) is 29.6 Å². The van der Waals surface area contributed by atoms with Gasteiger partial charge in [0.25, 0.3) is 0 Å². The minimum atomic E-state index is -0.413. The van der Waals surface area contributed by atoms with Gasteiger partial charge < -0.3 is 14.4 Å². The molecule has 1 aromatic rings. The zero-order valence-corrected chi connectivity index (χ0v) is 11.6. The minimum absolute atomic E-state index is 0.0595. The van der Waals surface area contributed by atoms with Crippen LogP contribution in [-0.2, 0) is 9.47 Å². The first kappa shape index (κ1) is 15.6. The fraction of sp³-hybridized carbons (Fsp3) is 0.500. The van der Waals surface area contributed by atoms with Crippen molar-refractivity contribution in [1.82, 2.24) is 0 Å². The second kappa shape index (κ2) is 7.86. The maximum absolute atomic E-state index is 14.0. The lowest BCUT2D eigenvalue weighted by Gasteiger charge is -2.32. The van der Waals surface area contributed by atoms with Crippen molar-refractivity contribution >= 4 is 12.0 Å². The SMILES string of the molecule is COCCN(c1c(F)cccc1C=O)C(C)COC. The molecule has 1 aromatic carbocycles. The average molecular weight is 269 g/mol. The number of hydrogen-bond donors (Lipinski definition) is 0. The zero-order valence-electron chi connectivity index (χ0n) is 11.6. The molecule has 1 rings (SSSR count). The molecule has 0 aromatic heterocycles. The third-order valence-corrected chi connectivity index (χ3v) is 2.91. The van der Waals surface area contributed by atoms with Crippen LogP contribution in [-0.4, -0.2) is 46.3 Å². The first-order chi connectivity index (χ1) is 9.15. The van der Waals surface area contributed by atoms with Gasteiger partial charge in [-0.3, -0.25) is 4.79 Å². The molecule has 106 valence electrons. The summed E-state index contributed by atoms with van der Waals surface area (Å²) in [4.78, 5) is 12.9. The minimum Gasteiger partial charge on any atom is -0.383 e. The number of para-hydroxylation sites is 1. The molecule has 5 heteroatoms. The summed E-state index contributed by atoms with van der Waals surface area (Å²) in [6.45, 7) is 3.29. The third-order valence-electron chi connectivity index (χ3n) is 2.91. The van der Waals surface area contributed by atoms with Crippen LogP contribution in [0.4, 0.5) is 10.1 Å². The average Bonchev–Trinajstić information content (AvgIpc) is 2.40. The van der Waals surface area contributed by atoms with Crippen molar-refractivity contribution in [3.63, 3.8) is 0 Å². The number of carbonyl (C=O) groups excluding carboxylic acids is 1. The van der Waals surface area contributed by atoms with Crippen LogP contribution in [0.15, 0.2) is 18.2 Å². The number of carbonyl (C=O) groups is 1. The number of hydrogen-bond acceptors (Lipinski definition) is 4. The van der Waals surface area contributed by atoms with Crippen molar-refractivity contribution < 1.29 is 18.7 Å². The largest absolute Gasteiger partial charge is 0.383 e. The highest BCUT2D eigenvalue weighted by Crippen LogP contribution is 2.25. The summed E-state index contributed by atoms with van der Waals surface area (Å²) >= 11 is 0. The van der Waals surface area contributed by atoms with Crippen molar-refractivity contribution in [3.8, 4) is 0 Å². The quantitative estimate of drug-likeness (QED) is 0.678. The van der Waals surface area contributed by atoms with Crippen LogP contribution >= 0.6 is 0 Å². The lowest BCUT2D eigenvalue weighted by molar-refractivity contribution is 0.112. The van der Waals surface area contributed by atoms with Crippen molar-refractivity contribution in [2.24, 2.45) is 0 Å². The van der Waals surface area contributed by atoms with E-state index in [9.17, 15) is 9.18 Å². The van der Waals surface area contributed by atoms with E-state index in [4.69, 9.17) is 9.47 Å². The van der Waals surface area contributed by atoms with Gasteiger partial charge >= 0.3 is 0 Å². The van der Waals surface area contributed by atoms with Gasteiger partial charge in [-0.05, 0) is 19.1 Å². The molecule has 19 heavy (non-hydrogen) atoms. The Morgan fingerprint density at radius 2 is 2.11 bits per heavy atom. The lowest BCUT2D eigenvalue weighted by atomic mass is 10.1. The monoisotopic (exact) mass is 269 g/mol. The number of halogens is 1. The summed E-state index contributed by atoms with van der Waals surface area (Å²) < 4.78 is 24.2. The van der Waals surface area contributed by atoms with Crippen molar-refractivity contribution in [2.45, 2.75) is 13.0 Å². The number of nitrogens with zero attached hydrogens (tertiary/aromatic N) is 1. The highest BCUT2D eigenvalue weighted by Gasteiger charge is 2.20. The van der Waals surface area contributed by atoms with Crippen LogP contribution in [0.25, 0.3) is 0 Å². The topological polar surface area (TPSA) is 38.8 Å². The van der Waals surface area contributed by atoms with Crippen LogP contribution in [0, 0.1) is 5.82 Å². The summed E-state index contributed by atoms with van der Waals surface area (Å²) in [5.41, 5.74) is 0.637. The highest BCUT2D eigenvalue weighted by atomic mass is 19.1. The Morgan fingerprint density at radius 1 is 1.37 bits per heavy atom. The molecule has 0 aliphatic heterocycles. The van der Waals surface area contributed by atoms with Crippen LogP contribution in [0.1, 0.15) is 17.3 Å². The normalized spacial score (nSPS) is 12.2. The molecule has 0 fully saturated rings. The molecular formula is C14H20FNO3. The smallest absolute Gasteiger partial charge is 0.152 e. The number of ether oxygens (including phenoxy) is 2. The lowest BCUT2D eigenvalue weighted by Crippen LogP contribution is -2.39. The number of aldehydes is 1. The van der Waals surface area contributed by atoms with E-state index >= 15 is 0 Å². The Hall–Kier alpha value is -1.46. The molecule has 0 radical (unpaired) electrons. The molecule has 0 amide bonds. The Labute approximate surface area is 113 Å². The van der Waals surface area contributed by atoms with Gasteiger partial charge in [0, 0.05) is 32.4 Å². The predicted molar refractivity (Wildman–Crippen MR) is 72.3 cm³/mol. The fourth-order valence-corrected chi connectivity index (χ4v) is 2.00. The first-order valence-electron chi connectivity index (χ1n) is 6.13.